The first kappa shape index (κ1) is 20.2. The van der Waals surface area contributed by atoms with E-state index in [0.29, 0.717) is 11.9 Å². The maximum absolute atomic E-state index is 12.4. The Morgan fingerprint density at radius 3 is 2.21 bits per heavy atom. The van der Waals surface area contributed by atoms with Crippen molar-refractivity contribution in [2.45, 2.75) is 31.0 Å². The number of rotatable bonds is 5. The average Bonchev–Trinajstić information content (AvgIpc) is 2.62. The summed E-state index contributed by atoms with van der Waals surface area (Å²) in [5.74, 6) is 0.689. The van der Waals surface area contributed by atoms with Gasteiger partial charge in [-0.1, -0.05) is 6.92 Å². The first-order chi connectivity index (χ1) is 13.1. The number of nitrogens with one attached hydrogen (secondary N) is 1. The summed E-state index contributed by atoms with van der Waals surface area (Å²) in [7, 11) is -4.00. The number of alkyl halides is 3. The maximum atomic E-state index is 12.4. The quantitative estimate of drug-likeness (QED) is 0.804. The second-order valence-corrected chi connectivity index (χ2v) is 8.25. The highest BCUT2D eigenvalue weighted by Gasteiger charge is 2.31. The number of sulfonamides is 1. The molecule has 0 atom stereocenters. The highest BCUT2D eigenvalue weighted by Crippen LogP contribution is 2.25. The van der Waals surface area contributed by atoms with E-state index >= 15 is 0 Å². The summed E-state index contributed by atoms with van der Waals surface area (Å²) in [5.41, 5.74) is 0.157. The summed E-state index contributed by atoms with van der Waals surface area (Å²) in [6.45, 7) is 3.88. The molecule has 28 heavy (non-hydrogen) atoms. The van der Waals surface area contributed by atoms with Crippen molar-refractivity contribution in [2.75, 3.05) is 22.7 Å². The van der Waals surface area contributed by atoms with Crippen molar-refractivity contribution in [1.29, 1.82) is 0 Å². The molecule has 1 N–H and O–H groups in total. The molecule has 152 valence electrons. The number of aromatic nitrogens is 2. The zero-order chi connectivity index (χ0) is 20.4. The van der Waals surface area contributed by atoms with Gasteiger partial charge in [0, 0.05) is 13.1 Å². The van der Waals surface area contributed by atoms with Crippen LogP contribution in [0.5, 0.6) is 5.75 Å². The van der Waals surface area contributed by atoms with Gasteiger partial charge in [-0.2, -0.15) is 0 Å². The lowest BCUT2D eigenvalue weighted by Crippen LogP contribution is -2.34. The predicted octanol–water partition coefficient (Wildman–Crippen LogP) is 3.41. The van der Waals surface area contributed by atoms with Crippen LogP contribution in [0.1, 0.15) is 19.8 Å². The molecule has 1 aromatic carbocycles. The molecule has 3 rings (SSSR count). The summed E-state index contributed by atoms with van der Waals surface area (Å²) >= 11 is 0. The van der Waals surface area contributed by atoms with E-state index < -0.39 is 22.1 Å². The van der Waals surface area contributed by atoms with Gasteiger partial charge in [0.25, 0.3) is 10.0 Å². The molecule has 0 aliphatic carbocycles. The van der Waals surface area contributed by atoms with Crippen molar-refractivity contribution < 1.29 is 26.3 Å². The summed E-state index contributed by atoms with van der Waals surface area (Å²) in [6, 6.07) is 3.90. The van der Waals surface area contributed by atoms with Gasteiger partial charge in [0.15, 0.2) is 0 Å². The van der Waals surface area contributed by atoms with Crippen molar-refractivity contribution in [3.8, 4) is 5.75 Å². The van der Waals surface area contributed by atoms with E-state index in [4.69, 9.17) is 0 Å². The number of anilines is 2. The second-order valence-electron chi connectivity index (χ2n) is 6.57. The van der Waals surface area contributed by atoms with Crippen LogP contribution in [-0.2, 0) is 10.0 Å². The number of nitrogens with zero attached hydrogens (tertiary/aromatic N) is 3. The summed E-state index contributed by atoms with van der Waals surface area (Å²) < 4.78 is 67.3. The van der Waals surface area contributed by atoms with Crippen LogP contribution in [0.15, 0.2) is 41.6 Å². The molecule has 1 fully saturated rings. The molecule has 11 heteroatoms. The smallest absolute Gasteiger partial charge is 0.406 e. The fourth-order valence-corrected chi connectivity index (χ4v) is 3.81. The van der Waals surface area contributed by atoms with Crippen molar-refractivity contribution in [3.05, 3.63) is 36.7 Å². The van der Waals surface area contributed by atoms with E-state index in [2.05, 4.69) is 26.4 Å². The van der Waals surface area contributed by atoms with E-state index in [1.165, 1.54) is 12.4 Å². The Hall–Kier alpha value is -2.56. The van der Waals surface area contributed by atoms with Crippen molar-refractivity contribution in [3.63, 3.8) is 0 Å². The lowest BCUT2D eigenvalue weighted by atomic mass is 10.00. The molecular formula is C17H19F3N4O3S. The molecule has 0 bridgehead atoms. The first-order valence-corrected chi connectivity index (χ1v) is 10.1. The average molecular weight is 416 g/mol. The standard InChI is InChI=1S/C17H19F3N4O3S/c1-12-6-8-24(9-7-12)16-21-10-13(11-22-16)23-28(25,26)15-4-2-14(3-5-15)27-17(18,19)20/h2-5,10-12,23H,6-9H2,1H3. The van der Waals surface area contributed by atoms with E-state index in [1.807, 2.05) is 4.90 Å². The summed E-state index contributed by atoms with van der Waals surface area (Å²) in [6.07, 6.45) is -0.0280. The number of halogens is 3. The number of benzene rings is 1. The third-order valence-corrected chi connectivity index (χ3v) is 5.72. The van der Waals surface area contributed by atoms with Gasteiger partial charge in [-0.05, 0) is 43.0 Å². The van der Waals surface area contributed by atoms with Gasteiger partial charge in [-0.3, -0.25) is 4.72 Å². The van der Waals surface area contributed by atoms with Crippen LogP contribution in [0.4, 0.5) is 24.8 Å². The number of piperidine rings is 1. The fraction of sp³-hybridized carbons (Fsp3) is 0.412. The van der Waals surface area contributed by atoms with Crippen molar-refractivity contribution in [1.82, 2.24) is 9.97 Å². The molecule has 1 aliphatic heterocycles. The Kier molecular flexibility index (Phi) is 5.64. The SMILES string of the molecule is CC1CCN(c2ncc(NS(=O)(=O)c3ccc(OC(F)(F)F)cc3)cn2)CC1. The van der Waals surface area contributed by atoms with Crippen LogP contribution in [0, 0.1) is 5.92 Å². The van der Waals surface area contributed by atoms with Crippen LogP contribution in [-0.4, -0.2) is 37.8 Å². The zero-order valence-corrected chi connectivity index (χ0v) is 15.8. The van der Waals surface area contributed by atoms with Gasteiger partial charge >= 0.3 is 6.36 Å². The molecule has 1 aromatic heterocycles. The van der Waals surface area contributed by atoms with E-state index in [1.54, 1.807) is 0 Å². The number of hydrogen-bond acceptors (Lipinski definition) is 6. The largest absolute Gasteiger partial charge is 0.573 e. The Morgan fingerprint density at radius 1 is 1.11 bits per heavy atom. The van der Waals surface area contributed by atoms with Crippen molar-refractivity contribution in [2.24, 2.45) is 5.92 Å². The minimum absolute atomic E-state index is 0.157. The Bertz CT molecular complexity index is 895. The van der Waals surface area contributed by atoms with Gasteiger partial charge in [0.1, 0.15) is 5.75 Å². The van der Waals surface area contributed by atoms with E-state index in [-0.39, 0.29) is 10.6 Å². The second kappa shape index (κ2) is 7.82. The molecule has 2 heterocycles. The normalized spacial score (nSPS) is 16.1. The molecule has 0 saturated carbocycles. The van der Waals surface area contributed by atoms with Crippen LogP contribution in [0.3, 0.4) is 0 Å². The lowest BCUT2D eigenvalue weighted by molar-refractivity contribution is -0.274. The third-order valence-electron chi connectivity index (χ3n) is 4.32. The highest BCUT2D eigenvalue weighted by molar-refractivity contribution is 7.92. The van der Waals surface area contributed by atoms with E-state index in [0.717, 1.165) is 50.2 Å². The van der Waals surface area contributed by atoms with Crippen LogP contribution in [0.25, 0.3) is 0 Å². The third kappa shape index (κ3) is 5.24. The van der Waals surface area contributed by atoms with Crippen molar-refractivity contribution >= 4 is 21.7 Å². The summed E-state index contributed by atoms with van der Waals surface area (Å²) in [5, 5.41) is 0. The Balaban J connectivity index is 1.67. The molecule has 0 amide bonds. The van der Waals surface area contributed by atoms with E-state index in [9.17, 15) is 21.6 Å². The minimum atomic E-state index is -4.84. The number of ether oxygens (including phenoxy) is 1. The maximum Gasteiger partial charge on any atom is 0.573 e. The summed E-state index contributed by atoms with van der Waals surface area (Å²) in [4.78, 5) is 10.2. The van der Waals surface area contributed by atoms with Gasteiger partial charge in [0.05, 0.1) is 23.0 Å². The topological polar surface area (TPSA) is 84.4 Å². The molecular weight excluding hydrogens is 397 g/mol. The van der Waals surface area contributed by atoms with Crippen LogP contribution >= 0.6 is 0 Å². The van der Waals surface area contributed by atoms with Gasteiger partial charge in [-0.25, -0.2) is 18.4 Å². The van der Waals surface area contributed by atoms with Crippen LogP contribution in [0.2, 0.25) is 0 Å². The van der Waals surface area contributed by atoms with Gasteiger partial charge in [0.2, 0.25) is 5.95 Å². The van der Waals surface area contributed by atoms with Crippen LogP contribution < -0.4 is 14.4 Å². The Labute approximate surface area is 160 Å². The monoisotopic (exact) mass is 416 g/mol. The lowest BCUT2D eigenvalue weighted by Gasteiger charge is -2.30. The molecule has 1 aliphatic rings. The van der Waals surface area contributed by atoms with Gasteiger partial charge in [-0.15, -0.1) is 13.2 Å². The molecule has 2 aromatic rings. The molecule has 0 unspecified atom stereocenters. The molecule has 0 radical (unpaired) electrons. The molecule has 7 nitrogen and oxygen atoms in total. The minimum Gasteiger partial charge on any atom is -0.406 e. The first-order valence-electron chi connectivity index (χ1n) is 8.58. The zero-order valence-electron chi connectivity index (χ0n) is 15.0. The number of hydrogen-bond donors (Lipinski definition) is 1. The highest BCUT2D eigenvalue weighted by atomic mass is 32.2. The fourth-order valence-electron chi connectivity index (χ4n) is 2.78. The molecule has 1 saturated heterocycles. The van der Waals surface area contributed by atoms with Gasteiger partial charge < -0.3 is 9.64 Å². The predicted molar refractivity (Wildman–Crippen MR) is 96.6 cm³/mol. The Morgan fingerprint density at radius 2 is 1.68 bits per heavy atom. The molecule has 0 spiro atoms.